The van der Waals surface area contributed by atoms with Gasteiger partial charge in [0.1, 0.15) is 6.07 Å². The van der Waals surface area contributed by atoms with Crippen LogP contribution in [0.5, 0.6) is 11.5 Å². The number of hydrogen-bond donors (Lipinski definition) is 0. The summed E-state index contributed by atoms with van der Waals surface area (Å²) >= 11 is 0. The molecule has 0 unspecified atom stereocenters. The quantitative estimate of drug-likeness (QED) is 0.678. The summed E-state index contributed by atoms with van der Waals surface area (Å²) in [5.41, 5.74) is 0.241. The van der Waals surface area contributed by atoms with E-state index in [0.29, 0.717) is 44.4 Å². The minimum Gasteiger partial charge on any atom is -0.490 e. The van der Waals surface area contributed by atoms with Crippen molar-refractivity contribution in [3.05, 3.63) is 23.8 Å². The number of rotatable bonds is 7. The molecule has 134 valence electrons. The predicted octanol–water partition coefficient (Wildman–Crippen LogP) is 1.00. The number of amides is 1. The number of esters is 1. The Bertz CT molecular complexity index is 649. The van der Waals surface area contributed by atoms with E-state index in [4.69, 9.17) is 24.2 Å². The fraction of sp³-hybridized carbons (Fsp3) is 0.471. The SMILES string of the molecule is CCOc1cc(C(=O)OCC#N)ccc1OCC(=O)N1CCOCC1. The molecule has 8 heteroatoms. The monoisotopic (exact) mass is 348 g/mol. The van der Waals surface area contributed by atoms with Crippen molar-refractivity contribution in [1.29, 1.82) is 5.26 Å². The molecule has 1 amide bonds. The Morgan fingerprint density at radius 1 is 1.24 bits per heavy atom. The fourth-order valence-electron chi connectivity index (χ4n) is 2.25. The first-order chi connectivity index (χ1) is 12.2. The number of hydrogen-bond acceptors (Lipinski definition) is 7. The van der Waals surface area contributed by atoms with Gasteiger partial charge in [0.05, 0.1) is 25.4 Å². The summed E-state index contributed by atoms with van der Waals surface area (Å²) in [7, 11) is 0. The van der Waals surface area contributed by atoms with Gasteiger partial charge in [-0.25, -0.2) is 4.79 Å². The average Bonchev–Trinajstić information content (AvgIpc) is 2.65. The van der Waals surface area contributed by atoms with Crippen LogP contribution in [0.4, 0.5) is 0 Å². The number of morpholine rings is 1. The van der Waals surface area contributed by atoms with E-state index in [0.717, 1.165) is 0 Å². The van der Waals surface area contributed by atoms with E-state index >= 15 is 0 Å². The Morgan fingerprint density at radius 2 is 2.00 bits per heavy atom. The van der Waals surface area contributed by atoms with Crippen LogP contribution in [0.2, 0.25) is 0 Å². The largest absolute Gasteiger partial charge is 0.490 e. The van der Waals surface area contributed by atoms with E-state index < -0.39 is 5.97 Å². The molecule has 0 bridgehead atoms. The van der Waals surface area contributed by atoms with Crippen molar-refractivity contribution in [2.24, 2.45) is 0 Å². The first-order valence-electron chi connectivity index (χ1n) is 7.95. The van der Waals surface area contributed by atoms with Gasteiger partial charge < -0.3 is 23.8 Å². The van der Waals surface area contributed by atoms with E-state index in [2.05, 4.69) is 0 Å². The number of nitrogens with zero attached hydrogens (tertiary/aromatic N) is 2. The molecule has 0 aromatic heterocycles. The lowest BCUT2D eigenvalue weighted by Gasteiger charge is -2.26. The maximum Gasteiger partial charge on any atom is 0.339 e. The normalized spacial score (nSPS) is 13.7. The van der Waals surface area contributed by atoms with Crippen LogP contribution >= 0.6 is 0 Å². The second kappa shape index (κ2) is 9.49. The highest BCUT2D eigenvalue weighted by molar-refractivity contribution is 5.90. The summed E-state index contributed by atoms with van der Waals surface area (Å²) in [5.74, 6) is -0.0642. The van der Waals surface area contributed by atoms with Gasteiger partial charge in [-0.15, -0.1) is 0 Å². The lowest BCUT2D eigenvalue weighted by Crippen LogP contribution is -2.43. The van der Waals surface area contributed by atoms with Crippen LogP contribution in [-0.2, 0) is 14.3 Å². The Labute approximate surface area is 145 Å². The van der Waals surface area contributed by atoms with Crippen LogP contribution in [0, 0.1) is 11.3 Å². The zero-order valence-corrected chi connectivity index (χ0v) is 14.0. The van der Waals surface area contributed by atoms with Crippen molar-refractivity contribution in [2.75, 3.05) is 46.1 Å². The zero-order chi connectivity index (χ0) is 18.1. The van der Waals surface area contributed by atoms with E-state index in [9.17, 15) is 9.59 Å². The van der Waals surface area contributed by atoms with Crippen LogP contribution in [0.15, 0.2) is 18.2 Å². The maximum atomic E-state index is 12.1. The Balaban J connectivity index is 2.02. The van der Waals surface area contributed by atoms with Crippen molar-refractivity contribution in [1.82, 2.24) is 4.90 Å². The maximum absolute atomic E-state index is 12.1. The molecule has 1 aromatic rings. The first-order valence-corrected chi connectivity index (χ1v) is 7.95. The summed E-state index contributed by atoms with van der Waals surface area (Å²) < 4.78 is 21.0. The van der Waals surface area contributed by atoms with Crippen LogP contribution in [0.1, 0.15) is 17.3 Å². The van der Waals surface area contributed by atoms with Crippen molar-refractivity contribution in [3.8, 4) is 17.6 Å². The van der Waals surface area contributed by atoms with Gasteiger partial charge in [0.2, 0.25) is 0 Å². The molecule has 0 radical (unpaired) electrons. The Morgan fingerprint density at radius 3 is 2.68 bits per heavy atom. The highest BCUT2D eigenvalue weighted by atomic mass is 16.5. The van der Waals surface area contributed by atoms with Crippen LogP contribution in [0.3, 0.4) is 0 Å². The van der Waals surface area contributed by atoms with Crippen molar-refractivity contribution >= 4 is 11.9 Å². The third-order valence-corrected chi connectivity index (χ3v) is 3.46. The van der Waals surface area contributed by atoms with Gasteiger partial charge in [-0.05, 0) is 25.1 Å². The molecule has 1 aromatic carbocycles. The molecule has 1 saturated heterocycles. The topological polar surface area (TPSA) is 98.1 Å². The lowest BCUT2D eigenvalue weighted by molar-refractivity contribution is -0.137. The summed E-state index contributed by atoms with van der Waals surface area (Å²) in [6.07, 6.45) is 0. The van der Waals surface area contributed by atoms with Crippen molar-refractivity contribution < 1.29 is 28.5 Å². The minimum absolute atomic E-state index is 0.127. The van der Waals surface area contributed by atoms with Gasteiger partial charge in [0.25, 0.3) is 5.91 Å². The standard InChI is InChI=1S/C17H20N2O6/c1-2-23-15-11-13(17(21)24-8-5-18)3-4-14(15)25-12-16(20)19-6-9-22-10-7-19/h3-4,11H,2,6-10,12H2,1H3. The molecule has 1 aliphatic heterocycles. The van der Waals surface area contributed by atoms with Gasteiger partial charge >= 0.3 is 5.97 Å². The summed E-state index contributed by atoms with van der Waals surface area (Å²) in [4.78, 5) is 25.6. The van der Waals surface area contributed by atoms with Crippen LogP contribution in [-0.4, -0.2) is 62.9 Å². The second-order valence-electron chi connectivity index (χ2n) is 5.11. The van der Waals surface area contributed by atoms with Crippen molar-refractivity contribution in [2.45, 2.75) is 6.92 Å². The summed E-state index contributed by atoms with van der Waals surface area (Å²) in [6.45, 7) is 3.85. The van der Waals surface area contributed by atoms with Gasteiger partial charge in [-0.3, -0.25) is 4.79 Å². The number of carbonyl (C=O) groups is 2. The van der Waals surface area contributed by atoms with Crippen LogP contribution < -0.4 is 9.47 Å². The third-order valence-electron chi connectivity index (χ3n) is 3.46. The molecule has 1 fully saturated rings. The van der Waals surface area contributed by atoms with Crippen molar-refractivity contribution in [3.63, 3.8) is 0 Å². The highest BCUT2D eigenvalue weighted by Crippen LogP contribution is 2.29. The molecule has 0 saturated carbocycles. The van der Waals surface area contributed by atoms with Gasteiger partial charge in [-0.1, -0.05) is 0 Å². The summed E-state index contributed by atoms with van der Waals surface area (Å²) in [5, 5.41) is 8.46. The van der Waals surface area contributed by atoms with Gasteiger partial charge in [0, 0.05) is 13.1 Å². The van der Waals surface area contributed by atoms with E-state index in [1.165, 1.54) is 12.1 Å². The molecule has 0 spiro atoms. The third kappa shape index (κ3) is 5.36. The Kier molecular flexibility index (Phi) is 7.04. The zero-order valence-electron chi connectivity index (χ0n) is 14.0. The second-order valence-corrected chi connectivity index (χ2v) is 5.11. The minimum atomic E-state index is -0.626. The Hall–Kier alpha value is -2.79. The molecule has 0 N–H and O–H groups in total. The number of nitriles is 1. The predicted molar refractivity (Wildman–Crippen MR) is 86.4 cm³/mol. The molecule has 0 aliphatic carbocycles. The highest BCUT2D eigenvalue weighted by Gasteiger charge is 2.19. The number of ether oxygens (including phenoxy) is 4. The number of benzene rings is 1. The molecular formula is C17H20N2O6. The molecule has 25 heavy (non-hydrogen) atoms. The molecule has 1 aliphatic rings. The first kappa shape index (κ1) is 18.5. The smallest absolute Gasteiger partial charge is 0.339 e. The van der Waals surface area contributed by atoms with Gasteiger partial charge in [-0.2, -0.15) is 5.26 Å². The molecule has 2 rings (SSSR count). The molecule has 1 heterocycles. The lowest BCUT2D eigenvalue weighted by atomic mass is 10.2. The molecule has 8 nitrogen and oxygen atoms in total. The van der Waals surface area contributed by atoms with E-state index in [1.807, 2.05) is 0 Å². The fourth-order valence-corrected chi connectivity index (χ4v) is 2.25. The molecule has 0 atom stereocenters. The van der Waals surface area contributed by atoms with Gasteiger partial charge in [0.15, 0.2) is 24.7 Å². The summed E-state index contributed by atoms with van der Waals surface area (Å²) in [6, 6.07) is 6.24. The molecular weight excluding hydrogens is 328 g/mol. The van der Waals surface area contributed by atoms with E-state index in [-0.39, 0.29) is 24.7 Å². The average molecular weight is 348 g/mol. The van der Waals surface area contributed by atoms with Crippen LogP contribution in [0.25, 0.3) is 0 Å². The van der Waals surface area contributed by atoms with E-state index in [1.54, 1.807) is 24.0 Å². The number of carbonyl (C=O) groups excluding carboxylic acids is 2.